The Hall–Kier alpha value is -2.29. The number of nitrogens with zero attached hydrogens (tertiary/aromatic N) is 2. The van der Waals surface area contributed by atoms with Crippen LogP contribution in [0.5, 0.6) is 0 Å². The lowest BCUT2D eigenvalue weighted by molar-refractivity contribution is -0.147. The maximum atomic E-state index is 12.9. The topological polar surface area (TPSA) is 61.0 Å². The van der Waals surface area contributed by atoms with E-state index in [9.17, 15) is 18.0 Å². The molecule has 0 unspecified atom stereocenters. The van der Waals surface area contributed by atoms with Crippen molar-refractivity contribution >= 4 is 40.0 Å². The molecule has 0 aliphatic heterocycles. The van der Waals surface area contributed by atoms with Crippen LogP contribution in [0.4, 0.5) is 13.2 Å². The van der Waals surface area contributed by atoms with Crippen LogP contribution in [0.3, 0.4) is 0 Å². The molecule has 0 spiro atoms. The summed E-state index contributed by atoms with van der Waals surface area (Å²) in [6.45, 7) is -1.07. The summed E-state index contributed by atoms with van der Waals surface area (Å²) in [6.07, 6.45) is -2.39. The second-order valence-electron chi connectivity index (χ2n) is 7.02. The van der Waals surface area contributed by atoms with Gasteiger partial charge in [-0.05, 0) is 49.4 Å². The van der Waals surface area contributed by atoms with Crippen LogP contribution in [0.1, 0.15) is 15.9 Å². The summed E-state index contributed by atoms with van der Waals surface area (Å²) in [5, 5.41) is 10.9. The van der Waals surface area contributed by atoms with Crippen LogP contribution in [0, 0.1) is 0 Å². The number of fused-ring (bicyclic) bond motifs is 1. The Balaban J connectivity index is 1.74. The van der Waals surface area contributed by atoms with Gasteiger partial charge in [-0.2, -0.15) is 18.3 Å². The molecular weight excluding hydrogens is 440 g/mol. The van der Waals surface area contributed by atoms with Crippen molar-refractivity contribution in [3.63, 3.8) is 0 Å². The molecule has 2 aromatic carbocycles. The molecule has 0 fully saturated rings. The average molecular weight is 459 g/mol. The van der Waals surface area contributed by atoms with Crippen LogP contribution >= 0.6 is 23.2 Å². The quantitative estimate of drug-likeness (QED) is 0.539. The van der Waals surface area contributed by atoms with Gasteiger partial charge < -0.3 is 5.32 Å². The van der Waals surface area contributed by atoms with Crippen molar-refractivity contribution in [3.05, 3.63) is 63.8 Å². The lowest BCUT2D eigenvalue weighted by Gasteiger charge is -2.29. The summed E-state index contributed by atoms with van der Waals surface area (Å²) < 4.78 is 38.8. The number of carbonyl (C=O) groups excluding carboxylic acids is 1. The fourth-order valence-corrected chi connectivity index (χ4v) is 3.43. The standard InChI is InChI=1S/C20H19Cl2F3N4O/c1-29(11-20(23,24)25)15(7-12-2-5-18-14(6-12)9-27-28-18)10-26-19(30)13-3-4-16(21)17(22)8-13/h2-6,8-9,15H,7,10-11H2,1H3,(H,26,30)(H,27,28)/t15-/m0/s1. The van der Waals surface area contributed by atoms with Crippen molar-refractivity contribution in [3.8, 4) is 0 Å². The molecule has 30 heavy (non-hydrogen) atoms. The predicted molar refractivity (Wildman–Crippen MR) is 111 cm³/mol. The van der Waals surface area contributed by atoms with Gasteiger partial charge in [-0.3, -0.25) is 14.8 Å². The van der Waals surface area contributed by atoms with Crippen molar-refractivity contribution in [2.45, 2.75) is 18.6 Å². The smallest absolute Gasteiger partial charge is 0.350 e. The number of benzene rings is 2. The molecule has 3 rings (SSSR count). The zero-order valence-electron chi connectivity index (χ0n) is 15.9. The normalized spacial score (nSPS) is 13.0. The van der Waals surface area contributed by atoms with E-state index in [0.29, 0.717) is 11.4 Å². The first-order chi connectivity index (χ1) is 14.1. The molecule has 1 amide bonds. The number of hydrogen-bond donors (Lipinski definition) is 2. The Morgan fingerprint density at radius 1 is 1.20 bits per heavy atom. The molecule has 3 aromatic rings. The Labute approximate surface area is 181 Å². The van der Waals surface area contributed by atoms with Gasteiger partial charge in [0.2, 0.25) is 0 Å². The van der Waals surface area contributed by atoms with Crippen molar-refractivity contribution in [1.29, 1.82) is 0 Å². The molecule has 0 aliphatic carbocycles. The lowest BCUT2D eigenvalue weighted by Crippen LogP contribution is -2.46. The molecular formula is C20H19Cl2F3N4O. The maximum Gasteiger partial charge on any atom is 0.401 e. The highest BCUT2D eigenvalue weighted by atomic mass is 35.5. The van der Waals surface area contributed by atoms with Crippen molar-refractivity contribution in [2.24, 2.45) is 0 Å². The zero-order chi connectivity index (χ0) is 21.9. The minimum Gasteiger partial charge on any atom is -0.350 e. The lowest BCUT2D eigenvalue weighted by atomic mass is 10.0. The van der Waals surface area contributed by atoms with E-state index in [1.54, 1.807) is 6.20 Å². The van der Waals surface area contributed by atoms with Gasteiger partial charge in [-0.15, -0.1) is 0 Å². The second kappa shape index (κ2) is 9.24. The number of amides is 1. The SMILES string of the molecule is CN(CC(F)(F)F)[C@H](CNC(=O)c1ccc(Cl)c(Cl)c1)Cc1ccc2[nH]ncc2c1. The van der Waals surface area contributed by atoms with E-state index >= 15 is 0 Å². The van der Waals surface area contributed by atoms with Crippen LogP contribution < -0.4 is 5.32 Å². The van der Waals surface area contributed by atoms with Crippen molar-refractivity contribution < 1.29 is 18.0 Å². The molecule has 1 heterocycles. The molecule has 1 atom stereocenters. The number of hydrogen-bond acceptors (Lipinski definition) is 3. The van der Waals surface area contributed by atoms with Crippen LogP contribution in [-0.2, 0) is 6.42 Å². The van der Waals surface area contributed by atoms with Crippen LogP contribution in [0.2, 0.25) is 10.0 Å². The molecule has 0 saturated carbocycles. The number of halogens is 5. The van der Waals surface area contributed by atoms with Gasteiger partial charge >= 0.3 is 6.18 Å². The Morgan fingerprint density at radius 2 is 1.97 bits per heavy atom. The van der Waals surface area contributed by atoms with E-state index in [1.165, 1.54) is 30.1 Å². The zero-order valence-corrected chi connectivity index (χ0v) is 17.4. The first-order valence-corrected chi connectivity index (χ1v) is 9.80. The highest BCUT2D eigenvalue weighted by Gasteiger charge is 2.32. The van der Waals surface area contributed by atoms with Crippen LogP contribution in [0.25, 0.3) is 10.9 Å². The predicted octanol–water partition coefficient (Wildman–Crippen LogP) is 4.70. The monoisotopic (exact) mass is 458 g/mol. The average Bonchev–Trinajstić information content (AvgIpc) is 3.13. The van der Waals surface area contributed by atoms with Gasteiger partial charge in [0.1, 0.15) is 0 Å². The van der Waals surface area contributed by atoms with E-state index in [4.69, 9.17) is 23.2 Å². The minimum atomic E-state index is -4.35. The Bertz CT molecular complexity index is 1040. The van der Waals surface area contributed by atoms with Crippen LogP contribution in [-0.4, -0.2) is 53.4 Å². The summed E-state index contributed by atoms with van der Waals surface area (Å²) in [5.41, 5.74) is 1.96. The van der Waals surface area contributed by atoms with Crippen molar-refractivity contribution in [1.82, 2.24) is 20.4 Å². The first-order valence-electron chi connectivity index (χ1n) is 9.04. The number of nitrogens with one attached hydrogen (secondary N) is 2. The molecule has 0 radical (unpaired) electrons. The molecule has 160 valence electrons. The molecule has 0 bridgehead atoms. The molecule has 10 heteroatoms. The van der Waals surface area contributed by atoms with Gasteiger partial charge in [0.15, 0.2) is 0 Å². The number of alkyl halides is 3. The second-order valence-corrected chi connectivity index (χ2v) is 7.83. The number of likely N-dealkylation sites (N-methyl/N-ethyl adjacent to an activating group) is 1. The van der Waals surface area contributed by atoms with Gasteiger partial charge in [0.25, 0.3) is 5.91 Å². The molecule has 5 nitrogen and oxygen atoms in total. The number of H-pyrrole nitrogens is 1. The van der Waals surface area contributed by atoms with E-state index < -0.39 is 24.7 Å². The van der Waals surface area contributed by atoms with Gasteiger partial charge in [0.05, 0.1) is 28.3 Å². The summed E-state index contributed by atoms with van der Waals surface area (Å²) >= 11 is 11.8. The summed E-state index contributed by atoms with van der Waals surface area (Å²) in [4.78, 5) is 13.6. The van der Waals surface area contributed by atoms with E-state index in [2.05, 4.69) is 15.5 Å². The fraction of sp³-hybridized carbons (Fsp3) is 0.300. The Morgan fingerprint density at radius 3 is 2.67 bits per heavy atom. The van der Waals surface area contributed by atoms with Gasteiger partial charge in [-0.1, -0.05) is 29.3 Å². The van der Waals surface area contributed by atoms with E-state index in [1.807, 2.05) is 18.2 Å². The number of aromatic amines is 1. The Kier molecular flexibility index (Phi) is 6.90. The first kappa shape index (κ1) is 22.4. The van der Waals surface area contributed by atoms with E-state index in [0.717, 1.165) is 16.5 Å². The van der Waals surface area contributed by atoms with Crippen LogP contribution in [0.15, 0.2) is 42.6 Å². The number of carbonyl (C=O) groups is 1. The third kappa shape index (κ3) is 5.87. The van der Waals surface area contributed by atoms with E-state index in [-0.39, 0.29) is 17.1 Å². The number of aromatic nitrogens is 2. The third-order valence-corrected chi connectivity index (χ3v) is 5.45. The summed E-state index contributed by atoms with van der Waals surface area (Å²) in [7, 11) is 1.39. The molecule has 2 N–H and O–H groups in total. The highest BCUT2D eigenvalue weighted by Crippen LogP contribution is 2.23. The largest absolute Gasteiger partial charge is 0.401 e. The molecule has 0 aliphatic rings. The highest BCUT2D eigenvalue weighted by molar-refractivity contribution is 6.42. The van der Waals surface area contributed by atoms with Crippen molar-refractivity contribution in [2.75, 3.05) is 20.1 Å². The number of rotatable bonds is 7. The minimum absolute atomic E-state index is 0.0229. The maximum absolute atomic E-state index is 12.9. The summed E-state index contributed by atoms with van der Waals surface area (Å²) in [5.74, 6) is -0.440. The third-order valence-electron chi connectivity index (χ3n) is 4.71. The molecule has 0 saturated heterocycles. The van der Waals surface area contributed by atoms with Gasteiger partial charge in [-0.25, -0.2) is 0 Å². The molecule has 1 aromatic heterocycles. The summed E-state index contributed by atoms with van der Waals surface area (Å²) in [6, 6.07) is 9.36. The fourth-order valence-electron chi connectivity index (χ4n) is 3.14. The van der Waals surface area contributed by atoms with Gasteiger partial charge in [0, 0.05) is 23.5 Å².